The van der Waals surface area contributed by atoms with Gasteiger partial charge in [0.25, 0.3) is 6.71 Å². The summed E-state index contributed by atoms with van der Waals surface area (Å²) >= 11 is 0. The van der Waals surface area contributed by atoms with Crippen molar-refractivity contribution in [3.05, 3.63) is 283 Å². The summed E-state index contributed by atoms with van der Waals surface area (Å²) in [6, 6.07) is 84.0. The third-order valence-electron chi connectivity index (χ3n) is 17.4. The van der Waals surface area contributed by atoms with Crippen LogP contribution in [-0.2, 0) is 10.8 Å². The van der Waals surface area contributed by atoms with Crippen molar-refractivity contribution in [1.29, 1.82) is 5.26 Å². The number of rotatable bonds is 8. The molecule has 86 heavy (non-hydrogen) atoms. The molecule has 0 radical (unpaired) electrons. The lowest BCUT2D eigenvalue weighted by molar-refractivity contribution is 0.590. The molecule has 0 unspecified atom stereocenters. The summed E-state index contributed by atoms with van der Waals surface area (Å²) < 4.78 is 47.5. The lowest BCUT2D eigenvalue weighted by Gasteiger charge is -2.45. The molecule has 11 aromatic carbocycles. The summed E-state index contributed by atoms with van der Waals surface area (Å²) in [5.41, 5.74) is 22.1. The number of hydrogen-bond donors (Lipinski definition) is 0. The van der Waals surface area contributed by atoms with Crippen LogP contribution in [-0.4, -0.2) is 16.3 Å². The van der Waals surface area contributed by atoms with E-state index in [2.05, 4.69) is 268 Å². The Hall–Kier alpha value is -10.5. The average molecular weight is 1110 g/mol. The molecular weight excluding hydrogens is 1040 g/mol. The summed E-state index contributed by atoms with van der Waals surface area (Å²) in [5, 5.41) is 12.1. The van der Waals surface area contributed by atoms with Crippen LogP contribution in [0.1, 0.15) is 65.1 Å². The van der Waals surface area contributed by atoms with Crippen molar-refractivity contribution in [2.45, 2.75) is 52.4 Å². The van der Waals surface area contributed by atoms with Crippen LogP contribution in [0.3, 0.4) is 0 Å². The Kier molecular flexibility index (Phi) is 11.1. The lowest BCUT2D eigenvalue weighted by Crippen LogP contribution is -2.61. The Morgan fingerprint density at radius 3 is 1.58 bits per heavy atom. The molecule has 15 rings (SSSR count). The number of hydrogen-bond acceptors (Lipinski definition) is 4. The minimum absolute atomic E-state index is 0.0684. The Labute approximate surface area is 511 Å². The van der Waals surface area contributed by atoms with Gasteiger partial charge in [-0.15, -0.1) is 0 Å². The van der Waals surface area contributed by atoms with Crippen molar-refractivity contribution >= 4 is 79.0 Å². The highest BCUT2D eigenvalue weighted by atomic mass is 15.2. The fraction of sp³-hybridized carbons (Fsp3) is 0.100. The third-order valence-corrected chi connectivity index (χ3v) is 17.4. The molecule has 13 aromatic rings. The van der Waals surface area contributed by atoms with Crippen LogP contribution in [0.2, 0.25) is 0 Å². The molecule has 4 heterocycles. The van der Waals surface area contributed by atoms with Crippen molar-refractivity contribution in [3.63, 3.8) is 0 Å². The molecule has 0 bridgehead atoms. The molecule has 2 aromatic heterocycles. The second kappa shape index (κ2) is 20.4. The van der Waals surface area contributed by atoms with Crippen molar-refractivity contribution in [1.82, 2.24) is 9.55 Å². The van der Waals surface area contributed by atoms with Crippen molar-refractivity contribution in [2.75, 3.05) is 9.80 Å². The molecule has 2 aliphatic heterocycles. The zero-order chi connectivity index (χ0) is 62.8. The van der Waals surface area contributed by atoms with Gasteiger partial charge in [0.2, 0.25) is 0 Å². The fourth-order valence-corrected chi connectivity index (χ4v) is 13.1. The van der Waals surface area contributed by atoms with Crippen molar-refractivity contribution in [3.8, 4) is 67.7 Å². The van der Waals surface area contributed by atoms with E-state index in [1.807, 2.05) is 30.3 Å². The highest BCUT2D eigenvalue weighted by Gasteiger charge is 2.44. The number of pyridine rings is 1. The average Bonchev–Trinajstić information content (AvgIpc) is 1.20. The van der Waals surface area contributed by atoms with Gasteiger partial charge in [-0.3, -0.25) is 4.57 Å². The Morgan fingerprint density at radius 1 is 0.407 bits per heavy atom. The van der Waals surface area contributed by atoms with E-state index in [1.54, 1.807) is 0 Å². The van der Waals surface area contributed by atoms with Gasteiger partial charge in [0.05, 0.1) is 46.6 Å². The largest absolute Gasteiger partial charge is 0.311 e. The number of nitrogens with zero attached hydrogens (tertiary/aromatic N) is 5. The van der Waals surface area contributed by atoms with Gasteiger partial charge in [-0.05, 0) is 162 Å². The predicted molar refractivity (Wildman–Crippen MR) is 362 cm³/mol. The predicted octanol–water partition coefficient (Wildman–Crippen LogP) is 19.1. The van der Waals surface area contributed by atoms with Crippen LogP contribution < -0.4 is 26.2 Å². The van der Waals surface area contributed by atoms with Gasteiger partial charge >= 0.3 is 0 Å². The molecule has 0 fully saturated rings. The monoisotopic (exact) mass is 1110 g/mol. The minimum atomic E-state index is -0.466. The summed E-state index contributed by atoms with van der Waals surface area (Å²) in [5.74, 6) is 0.481. The molecule has 5 nitrogen and oxygen atoms in total. The molecule has 2 aliphatic rings. The zero-order valence-electron chi connectivity index (χ0n) is 53.8. The highest BCUT2D eigenvalue weighted by molar-refractivity contribution is 7.00. The highest BCUT2D eigenvalue weighted by Crippen LogP contribution is 2.50. The summed E-state index contributed by atoms with van der Waals surface area (Å²) in [6.07, 6.45) is 0. The third kappa shape index (κ3) is 8.81. The van der Waals surface area contributed by atoms with Gasteiger partial charge in [0, 0.05) is 44.6 Å². The summed E-state index contributed by atoms with van der Waals surface area (Å²) in [4.78, 5) is 10.6. The topological polar surface area (TPSA) is 48.1 Å². The van der Waals surface area contributed by atoms with Crippen molar-refractivity contribution < 1.29 is 6.85 Å². The molecule has 6 heteroatoms. The number of anilines is 6. The van der Waals surface area contributed by atoms with Gasteiger partial charge in [0.1, 0.15) is 5.82 Å². The quantitative estimate of drug-likeness (QED) is 0.142. The second-order valence-corrected chi connectivity index (χ2v) is 24.7. The van der Waals surface area contributed by atoms with E-state index >= 15 is 0 Å². The number of benzene rings is 11. The second-order valence-electron chi connectivity index (χ2n) is 24.7. The lowest BCUT2D eigenvalue weighted by atomic mass is 9.33. The van der Waals surface area contributed by atoms with Gasteiger partial charge in [-0.2, -0.15) is 5.26 Å². The van der Waals surface area contributed by atoms with E-state index in [1.165, 1.54) is 5.56 Å². The van der Waals surface area contributed by atoms with Crippen LogP contribution >= 0.6 is 0 Å². The molecular formula is C80H62BN5. The SMILES string of the molecule is [2H]c1c([2H])c([2H])c(-c2cc(-c3ccc4c(c3)B3c5cc(-c6ccccc6)ccc5N(c5ccc(C(C)(C)C)cc5-c5ccccc5)c5cccc(c53)N4c3ccccc3-c3ccccc3)nc(-n3c4ccc(C#N)cc4c4cc(C(C)(C)C)ccc43)c2)c([2H])c1[2H]. The molecule has 0 N–H and O–H groups in total. The maximum absolute atomic E-state index is 10.3. The maximum atomic E-state index is 10.3. The van der Waals surface area contributed by atoms with E-state index in [4.69, 9.17) is 9.10 Å². The maximum Gasteiger partial charge on any atom is 0.252 e. The van der Waals surface area contributed by atoms with Gasteiger partial charge in [-0.1, -0.05) is 223 Å². The van der Waals surface area contributed by atoms with E-state index in [0.717, 1.165) is 117 Å². The molecule has 0 amide bonds. The van der Waals surface area contributed by atoms with Crippen LogP contribution in [0.5, 0.6) is 0 Å². The van der Waals surface area contributed by atoms with Gasteiger partial charge in [-0.25, -0.2) is 4.98 Å². The van der Waals surface area contributed by atoms with Crippen molar-refractivity contribution in [2.24, 2.45) is 0 Å². The van der Waals surface area contributed by atoms with Gasteiger partial charge in [0.15, 0.2) is 0 Å². The first-order chi connectivity index (χ1) is 43.9. The normalized spacial score (nSPS) is 13.5. The Balaban J connectivity index is 1.04. The Bertz CT molecular complexity index is 5150. The van der Waals surface area contributed by atoms with Crippen LogP contribution in [0.4, 0.5) is 34.1 Å². The van der Waals surface area contributed by atoms with E-state index in [9.17, 15) is 8.00 Å². The fourth-order valence-electron chi connectivity index (χ4n) is 13.1. The summed E-state index contributed by atoms with van der Waals surface area (Å²) in [6.45, 7) is 13.0. The van der Waals surface area contributed by atoms with Crippen LogP contribution in [0, 0.1) is 11.3 Å². The zero-order valence-corrected chi connectivity index (χ0v) is 48.8. The molecule has 0 saturated carbocycles. The first kappa shape index (κ1) is 46.9. The van der Waals surface area contributed by atoms with Crippen LogP contribution in [0.15, 0.2) is 267 Å². The molecule has 0 aliphatic carbocycles. The van der Waals surface area contributed by atoms with E-state index in [0.29, 0.717) is 22.6 Å². The first-order valence-corrected chi connectivity index (χ1v) is 29.4. The van der Waals surface area contributed by atoms with Crippen LogP contribution in [0.25, 0.3) is 83.4 Å². The van der Waals surface area contributed by atoms with Gasteiger partial charge < -0.3 is 9.80 Å². The molecule has 0 atom stereocenters. The summed E-state index contributed by atoms with van der Waals surface area (Å²) in [7, 11) is 0. The molecule has 410 valence electrons. The number of nitriles is 1. The minimum Gasteiger partial charge on any atom is -0.311 e. The number of para-hydroxylation sites is 1. The standard InChI is InChI=1S/C80H62BN5/c1-79(2,3)60-37-42-70(63(49-60)56-28-17-10-18-29-56)85-73-40-35-57(53-22-11-7-12-23-53)45-66(73)81-67-46-58(36-41-74(67)84(75-32-21-33-76(85)78(75)81)69-31-20-19-30-62(69)55-26-15-9-16-27-55)68-47-59(54-24-13-8-14-25-54)48-77(83-68)86-71-39-34-52(51-82)44-64(71)65-50-61(80(4,5)6)38-43-72(65)86/h7-50H,1-6H3/i8D,13D,14D,24D,25D. The molecule has 0 spiro atoms. The molecule has 0 saturated heterocycles. The Morgan fingerprint density at radius 2 is 0.930 bits per heavy atom. The smallest absolute Gasteiger partial charge is 0.252 e. The number of aromatic nitrogens is 2. The van der Waals surface area contributed by atoms with E-state index < -0.39 is 18.1 Å². The number of fused-ring (bicyclic) bond motifs is 7. The van der Waals surface area contributed by atoms with E-state index in [-0.39, 0.29) is 35.2 Å². The first-order valence-electron chi connectivity index (χ1n) is 31.9.